The fraction of sp³-hybridized carbons (Fsp3) is 0.583. The highest BCUT2D eigenvalue weighted by Crippen LogP contribution is 2.28. The fourth-order valence-corrected chi connectivity index (χ4v) is 1.61. The summed E-state index contributed by atoms with van der Waals surface area (Å²) in [6.07, 6.45) is 7.53. The van der Waals surface area contributed by atoms with Crippen LogP contribution in [0.25, 0.3) is 0 Å². The highest BCUT2D eigenvalue weighted by molar-refractivity contribution is 5.83. The van der Waals surface area contributed by atoms with Crippen LogP contribution in [0.4, 0.5) is 0 Å². The van der Waals surface area contributed by atoms with Gasteiger partial charge in [-0.2, -0.15) is 0 Å². The van der Waals surface area contributed by atoms with Crippen molar-refractivity contribution < 1.29 is 14.6 Å². The minimum Gasteiger partial charge on any atom is -0.463 e. The smallest absolute Gasteiger partial charge is 0.330 e. The zero-order chi connectivity index (χ0) is 11.3. The maximum atomic E-state index is 11.3. The summed E-state index contributed by atoms with van der Waals surface area (Å²) in [7, 11) is 0. The molecular weight excluding hydrogens is 192 g/mol. The molecule has 1 N–H and O–H groups in total. The van der Waals surface area contributed by atoms with Crippen molar-refractivity contribution in [1.29, 1.82) is 0 Å². The van der Waals surface area contributed by atoms with Gasteiger partial charge in [0.05, 0.1) is 12.2 Å². The molecule has 0 bridgehead atoms. The number of hydrogen-bond donors (Lipinski definition) is 1. The maximum absolute atomic E-state index is 11.3. The van der Waals surface area contributed by atoms with Crippen LogP contribution in [0.2, 0.25) is 0 Å². The van der Waals surface area contributed by atoms with Gasteiger partial charge in [0, 0.05) is 6.08 Å². The summed E-state index contributed by atoms with van der Waals surface area (Å²) in [4.78, 5) is 11.3. The number of carbonyl (C=O) groups is 1. The Balaban J connectivity index is 2.79. The molecule has 0 radical (unpaired) electrons. The summed E-state index contributed by atoms with van der Waals surface area (Å²) in [6.45, 7) is 3.87. The Labute approximate surface area is 90.4 Å². The van der Waals surface area contributed by atoms with Crippen molar-refractivity contribution in [2.45, 2.75) is 38.7 Å². The monoisotopic (exact) mass is 210 g/mol. The summed E-state index contributed by atoms with van der Waals surface area (Å²) < 4.78 is 4.83. The number of carbonyl (C=O) groups excluding carboxylic acids is 1. The predicted molar refractivity (Wildman–Crippen MR) is 58.3 cm³/mol. The van der Waals surface area contributed by atoms with Crippen molar-refractivity contribution in [3.63, 3.8) is 0 Å². The Kier molecular flexibility index (Phi) is 4.09. The molecule has 0 amide bonds. The highest BCUT2D eigenvalue weighted by Gasteiger charge is 2.26. The lowest BCUT2D eigenvalue weighted by atomic mass is 9.90. The van der Waals surface area contributed by atoms with Gasteiger partial charge in [-0.05, 0) is 38.7 Å². The average Bonchev–Trinajstić information content (AvgIpc) is 2.29. The molecule has 3 heteroatoms. The molecule has 0 spiro atoms. The van der Waals surface area contributed by atoms with Crippen LogP contribution < -0.4 is 0 Å². The molecule has 1 aliphatic carbocycles. The third kappa shape index (κ3) is 3.51. The normalized spacial score (nSPS) is 28.9. The first-order valence-corrected chi connectivity index (χ1v) is 5.31. The van der Waals surface area contributed by atoms with Gasteiger partial charge in [0.1, 0.15) is 0 Å². The first kappa shape index (κ1) is 12.0. The van der Waals surface area contributed by atoms with E-state index < -0.39 is 5.60 Å². The molecule has 0 aromatic rings. The van der Waals surface area contributed by atoms with E-state index in [9.17, 15) is 9.90 Å². The summed E-state index contributed by atoms with van der Waals surface area (Å²) >= 11 is 0. The molecule has 1 atom stereocenters. The number of aliphatic hydroxyl groups is 1. The van der Waals surface area contributed by atoms with Gasteiger partial charge in [0.25, 0.3) is 0 Å². The first-order valence-electron chi connectivity index (χ1n) is 5.31. The number of rotatable bonds is 2. The lowest BCUT2D eigenvalue weighted by Crippen LogP contribution is -2.26. The molecule has 0 saturated carbocycles. The molecule has 3 nitrogen and oxygen atoms in total. The van der Waals surface area contributed by atoms with E-state index in [1.54, 1.807) is 13.8 Å². The molecular formula is C12H18O3. The second-order valence-electron chi connectivity index (χ2n) is 3.91. The lowest BCUT2D eigenvalue weighted by molar-refractivity contribution is -0.137. The molecule has 1 aliphatic rings. The SMILES string of the molecule is CCOC(=O)/C=C1/CC=CCCC1(C)O. The van der Waals surface area contributed by atoms with E-state index in [0.29, 0.717) is 19.4 Å². The molecule has 1 unspecified atom stereocenters. The zero-order valence-electron chi connectivity index (χ0n) is 9.32. The minimum atomic E-state index is -0.893. The molecule has 0 aromatic heterocycles. The van der Waals surface area contributed by atoms with Crippen molar-refractivity contribution in [3.05, 3.63) is 23.8 Å². The molecule has 0 fully saturated rings. The maximum Gasteiger partial charge on any atom is 0.330 e. The van der Waals surface area contributed by atoms with Crippen molar-refractivity contribution in [2.75, 3.05) is 6.61 Å². The Morgan fingerprint density at radius 1 is 1.67 bits per heavy atom. The van der Waals surface area contributed by atoms with Crippen molar-refractivity contribution >= 4 is 5.97 Å². The molecule has 15 heavy (non-hydrogen) atoms. The summed E-state index contributed by atoms with van der Waals surface area (Å²) in [5.74, 6) is -0.372. The second-order valence-corrected chi connectivity index (χ2v) is 3.91. The van der Waals surface area contributed by atoms with Gasteiger partial charge >= 0.3 is 5.97 Å². The lowest BCUT2D eigenvalue weighted by Gasteiger charge is -2.24. The fourth-order valence-electron chi connectivity index (χ4n) is 1.61. The van der Waals surface area contributed by atoms with Crippen molar-refractivity contribution in [3.8, 4) is 0 Å². The van der Waals surface area contributed by atoms with E-state index in [1.807, 2.05) is 12.2 Å². The molecule has 0 heterocycles. The molecule has 0 aromatic carbocycles. The molecule has 1 rings (SSSR count). The average molecular weight is 210 g/mol. The van der Waals surface area contributed by atoms with E-state index in [-0.39, 0.29) is 5.97 Å². The Morgan fingerprint density at radius 3 is 3.07 bits per heavy atom. The Hall–Kier alpha value is -1.09. The zero-order valence-corrected chi connectivity index (χ0v) is 9.32. The molecule has 0 aliphatic heterocycles. The van der Waals surface area contributed by atoms with Gasteiger partial charge in [0.15, 0.2) is 0 Å². The Bertz CT molecular complexity index is 287. The van der Waals surface area contributed by atoms with Gasteiger partial charge in [-0.15, -0.1) is 0 Å². The third-order valence-electron chi connectivity index (χ3n) is 2.57. The third-order valence-corrected chi connectivity index (χ3v) is 2.57. The quantitative estimate of drug-likeness (QED) is 0.430. The van der Waals surface area contributed by atoms with E-state index in [1.165, 1.54) is 6.08 Å². The van der Waals surface area contributed by atoms with Gasteiger partial charge in [0.2, 0.25) is 0 Å². The Morgan fingerprint density at radius 2 is 2.40 bits per heavy atom. The van der Waals surface area contributed by atoms with Crippen LogP contribution in [0.15, 0.2) is 23.8 Å². The van der Waals surface area contributed by atoms with E-state index in [4.69, 9.17) is 4.74 Å². The van der Waals surface area contributed by atoms with Crippen LogP contribution in [-0.2, 0) is 9.53 Å². The standard InChI is InChI=1S/C12H18O3/c1-3-15-11(13)9-10-7-5-4-6-8-12(10,2)14/h4-5,9,14H,3,6-8H2,1-2H3/b10-9-. The largest absolute Gasteiger partial charge is 0.463 e. The van der Waals surface area contributed by atoms with E-state index >= 15 is 0 Å². The van der Waals surface area contributed by atoms with Crippen LogP contribution >= 0.6 is 0 Å². The van der Waals surface area contributed by atoms with Crippen LogP contribution in [0.3, 0.4) is 0 Å². The number of allylic oxidation sites excluding steroid dienone is 2. The van der Waals surface area contributed by atoms with Crippen LogP contribution in [0.1, 0.15) is 33.1 Å². The number of hydrogen-bond acceptors (Lipinski definition) is 3. The predicted octanol–water partition coefficient (Wildman–Crippen LogP) is 1.97. The minimum absolute atomic E-state index is 0.362. The van der Waals surface area contributed by atoms with E-state index in [0.717, 1.165) is 12.0 Å². The van der Waals surface area contributed by atoms with Crippen molar-refractivity contribution in [2.24, 2.45) is 0 Å². The highest BCUT2D eigenvalue weighted by atomic mass is 16.5. The van der Waals surface area contributed by atoms with Crippen LogP contribution in [0, 0.1) is 0 Å². The second kappa shape index (κ2) is 5.12. The number of ether oxygens (including phenoxy) is 1. The van der Waals surface area contributed by atoms with Gasteiger partial charge in [-0.25, -0.2) is 4.79 Å². The van der Waals surface area contributed by atoms with Gasteiger partial charge < -0.3 is 9.84 Å². The van der Waals surface area contributed by atoms with Crippen LogP contribution in [-0.4, -0.2) is 23.3 Å². The van der Waals surface area contributed by atoms with Crippen LogP contribution in [0.5, 0.6) is 0 Å². The summed E-state index contributed by atoms with van der Waals surface area (Å²) in [5.41, 5.74) is -0.161. The van der Waals surface area contributed by atoms with Crippen molar-refractivity contribution in [1.82, 2.24) is 0 Å². The van der Waals surface area contributed by atoms with E-state index in [2.05, 4.69) is 0 Å². The van der Waals surface area contributed by atoms with Gasteiger partial charge in [-0.1, -0.05) is 12.2 Å². The summed E-state index contributed by atoms with van der Waals surface area (Å²) in [6, 6.07) is 0. The first-order chi connectivity index (χ1) is 7.06. The molecule has 0 saturated heterocycles. The summed E-state index contributed by atoms with van der Waals surface area (Å²) in [5, 5.41) is 10.1. The topological polar surface area (TPSA) is 46.5 Å². The molecule has 84 valence electrons. The number of esters is 1. The van der Waals surface area contributed by atoms with Gasteiger partial charge in [-0.3, -0.25) is 0 Å².